The minimum atomic E-state index is -3.33. The van der Waals surface area contributed by atoms with Crippen LogP contribution in [0.1, 0.15) is 0 Å². The second-order valence-corrected chi connectivity index (χ2v) is 6.74. The Morgan fingerprint density at radius 1 is 1.44 bits per heavy atom. The third-order valence-corrected chi connectivity index (χ3v) is 4.69. The molecule has 100 valence electrons. The zero-order valence-corrected chi connectivity index (χ0v) is 11.6. The molecule has 1 fully saturated rings. The number of nitrogens with zero attached hydrogens (tertiary/aromatic N) is 3. The van der Waals surface area contributed by atoms with E-state index < -0.39 is 10.2 Å². The lowest BCUT2D eigenvalue weighted by molar-refractivity contribution is 0.0687. The molecule has 0 N–H and O–H groups in total. The maximum Gasteiger partial charge on any atom is 0.281 e. The van der Waals surface area contributed by atoms with Gasteiger partial charge in [0.15, 0.2) is 0 Å². The number of rotatable bonds is 4. The Morgan fingerprint density at radius 3 is 2.61 bits per heavy atom. The quantitative estimate of drug-likeness (QED) is 0.815. The first-order chi connectivity index (χ1) is 8.39. The molecule has 1 aliphatic heterocycles. The highest BCUT2D eigenvalue weighted by Gasteiger charge is 2.38. The molecule has 0 radical (unpaired) electrons. The van der Waals surface area contributed by atoms with E-state index in [-0.39, 0.29) is 6.10 Å². The van der Waals surface area contributed by atoms with E-state index in [1.54, 1.807) is 12.1 Å². The van der Waals surface area contributed by atoms with Crippen LogP contribution in [0.5, 0.6) is 5.88 Å². The van der Waals surface area contributed by atoms with Gasteiger partial charge in [-0.2, -0.15) is 17.0 Å². The summed E-state index contributed by atoms with van der Waals surface area (Å²) in [7, 11) is -0.318. The Hall–Kier alpha value is -0.890. The number of aromatic nitrogens is 1. The van der Waals surface area contributed by atoms with Crippen LogP contribution in [-0.4, -0.2) is 55.3 Å². The highest BCUT2D eigenvalue weighted by atomic mass is 35.5. The molecular weight excluding hydrogens is 278 g/mol. The van der Waals surface area contributed by atoms with Gasteiger partial charge in [0.1, 0.15) is 6.10 Å². The highest BCUT2D eigenvalue weighted by molar-refractivity contribution is 7.86. The summed E-state index contributed by atoms with van der Waals surface area (Å²) >= 11 is 5.70. The molecule has 0 amide bonds. The molecule has 0 saturated carbocycles. The van der Waals surface area contributed by atoms with E-state index in [1.165, 1.54) is 28.9 Å². The molecule has 1 aliphatic rings. The van der Waals surface area contributed by atoms with Gasteiger partial charge in [0.25, 0.3) is 10.2 Å². The lowest BCUT2D eigenvalue weighted by Gasteiger charge is -2.38. The Labute approximate surface area is 111 Å². The summed E-state index contributed by atoms with van der Waals surface area (Å²) < 4.78 is 31.5. The van der Waals surface area contributed by atoms with Gasteiger partial charge in [0.05, 0.1) is 18.1 Å². The number of hydrogen-bond donors (Lipinski definition) is 0. The van der Waals surface area contributed by atoms with Crippen LogP contribution < -0.4 is 4.74 Å². The van der Waals surface area contributed by atoms with Crippen molar-refractivity contribution in [3.63, 3.8) is 0 Å². The second-order valence-electron chi connectivity index (χ2n) is 4.16. The fourth-order valence-electron chi connectivity index (χ4n) is 1.50. The standard InChI is InChI=1S/C10H14ClN3O3S/c1-13(2)18(15,16)14-6-9(7-14)17-10-4-3-8(11)5-12-10/h3-5,9H,6-7H2,1-2H3. The summed E-state index contributed by atoms with van der Waals surface area (Å²) in [5.74, 6) is 0.450. The zero-order chi connectivity index (χ0) is 13.3. The fourth-order valence-corrected chi connectivity index (χ4v) is 2.78. The highest BCUT2D eigenvalue weighted by Crippen LogP contribution is 2.20. The van der Waals surface area contributed by atoms with Crippen molar-refractivity contribution >= 4 is 21.8 Å². The molecule has 1 saturated heterocycles. The Balaban J connectivity index is 1.89. The summed E-state index contributed by atoms with van der Waals surface area (Å²) in [5.41, 5.74) is 0. The van der Waals surface area contributed by atoms with Crippen molar-refractivity contribution in [2.75, 3.05) is 27.2 Å². The van der Waals surface area contributed by atoms with Gasteiger partial charge in [-0.3, -0.25) is 0 Å². The topological polar surface area (TPSA) is 62.7 Å². The second kappa shape index (κ2) is 5.00. The number of halogens is 1. The van der Waals surface area contributed by atoms with Crippen LogP contribution in [-0.2, 0) is 10.2 Å². The van der Waals surface area contributed by atoms with Crippen molar-refractivity contribution in [3.05, 3.63) is 23.4 Å². The predicted molar refractivity (Wildman–Crippen MR) is 67.8 cm³/mol. The molecule has 0 aliphatic carbocycles. The van der Waals surface area contributed by atoms with E-state index in [1.807, 2.05) is 0 Å². The Morgan fingerprint density at radius 2 is 2.11 bits per heavy atom. The van der Waals surface area contributed by atoms with E-state index in [2.05, 4.69) is 4.98 Å². The Bertz CT molecular complexity index is 512. The van der Waals surface area contributed by atoms with Crippen LogP contribution in [0.4, 0.5) is 0 Å². The molecule has 2 heterocycles. The van der Waals surface area contributed by atoms with Crippen LogP contribution in [0, 0.1) is 0 Å². The largest absolute Gasteiger partial charge is 0.472 e. The average molecular weight is 292 g/mol. The summed E-state index contributed by atoms with van der Waals surface area (Å²) in [5, 5.41) is 0.535. The van der Waals surface area contributed by atoms with Gasteiger partial charge in [0.2, 0.25) is 5.88 Å². The smallest absolute Gasteiger partial charge is 0.281 e. The summed E-state index contributed by atoms with van der Waals surface area (Å²) in [6.45, 7) is 0.676. The summed E-state index contributed by atoms with van der Waals surface area (Å²) in [6.07, 6.45) is 1.33. The van der Waals surface area contributed by atoms with Crippen LogP contribution >= 0.6 is 11.6 Å². The van der Waals surface area contributed by atoms with Crippen LogP contribution in [0.15, 0.2) is 18.3 Å². The first-order valence-electron chi connectivity index (χ1n) is 5.35. The number of hydrogen-bond acceptors (Lipinski definition) is 4. The predicted octanol–water partition coefficient (Wildman–Crippen LogP) is 0.604. The average Bonchev–Trinajstić information content (AvgIpc) is 2.24. The van der Waals surface area contributed by atoms with Gasteiger partial charge in [0, 0.05) is 26.4 Å². The van der Waals surface area contributed by atoms with Gasteiger partial charge in [-0.05, 0) is 6.07 Å². The normalized spacial score (nSPS) is 17.8. The third-order valence-electron chi connectivity index (χ3n) is 2.59. The molecule has 18 heavy (non-hydrogen) atoms. The molecule has 0 atom stereocenters. The molecule has 8 heteroatoms. The first kappa shape index (κ1) is 13.5. The van der Waals surface area contributed by atoms with Gasteiger partial charge >= 0.3 is 0 Å². The first-order valence-corrected chi connectivity index (χ1v) is 7.13. The summed E-state index contributed by atoms with van der Waals surface area (Å²) in [4.78, 5) is 3.99. The number of pyridine rings is 1. The molecule has 0 bridgehead atoms. The molecule has 6 nitrogen and oxygen atoms in total. The molecular formula is C10H14ClN3O3S. The van der Waals surface area contributed by atoms with Crippen molar-refractivity contribution in [1.82, 2.24) is 13.6 Å². The lowest BCUT2D eigenvalue weighted by atomic mass is 10.2. The number of ether oxygens (including phenoxy) is 1. The van der Waals surface area contributed by atoms with Crippen LogP contribution in [0.2, 0.25) is 5.02 Å². The summed E-state index contributed by atoms with van der Waals surface area (Å²) in [6, 6.07) is 3.34. The van der Waals surface area contributed by atoms with Crippen molar-refractivity contribution < 1.29 is 13.2 Å². The zero-order valence-electron chi connectivity index (χ0n) is 10.1. The Kier molecular flexibility index (Phi) is 3.76. The molecule has 0 unspecified atom stereocenters. The van der Waals surface area contributed by atoms with E-state index in [0.29, 0.717) is 24.0 Å². The van der Waals surface area contributed by atoms with Crippen molar-refractivity contribution in [1.29, 1.82) is 0 Å². The minimum absolute atomic E-state index is 0.159. The van der Waals surface area contributed by atoms with Crippen LogP contribution in [0.3, 0.4) is 0 Å². The minimum Gasteiger partial charge on any atom is -0.472 e. The monoisotopic (exact) mass is 291 g/mol. The molecule has 0 spiro atoms. The molecule has 0 aromatic carbocycles. The van der Waals surface area contributed by atoms with Crippen LogP contribution in [0.25, 0.3) is 0 Å². The maximum atomic E-state index is 11.7. The van der Waals surface area contributed by atoms with Crippen molar-refractivity contribution in [3.8, 4) is 5.88 Å². The molecule has 1 aromatic heterocycles. The van der Waals surface area contributed by atoms with E-state index >= 15 is 0 Å². The lowest BCUT2D eigenvalue weighted by Crippen LogP contribution is -2.58. The van der Waals surface area contributed by atoms with Crippen molar-refractivity contribution in [2.24, 2.45) is 0 Å². The third kappa shape index (κ3) is 2.74. The van der Waals surface area contributed by atoms with Gasteiger partial charge < -0.3 is 4.74 Å². The van der Waals surface area contributed by atoms with E-state index in [4.69, 9.17) is 16.3 Å². The molecule has 1 aromatic rings. The fraction of sp³-hybridized carbons (Fsp3) is 0.500. The van der Waals surface area contributed by atoms with Gasteiger partial charge in [-0.25, -0.2) is 4.98 Å². The van der Waals surface area contributed by atoms with E-state index in [0.717, 1.165) is 0 Å². The van der Waals surface area contributed by atoms with Gasteiger partial charge in [-0.1, -0.05) is 11.6 Å². The van der Waals surface area contributed by atoms with Crippen molar-refractivity contribution in [2.45, 2.75) is 6.10 Å². The van der Waals surface area contributed by atoms with E-state index in [9.17, 15) is 8.42 Å². The molecule has 2 rings (SSSR count). The SMILES string of the molecule is CN(C)S(=O)(=O)N1CC(Oc2ccc(Cl)cn2)C1. The maximum absolute atomic E-state index is 11.7. The van der Waals surface area contributed by atoms with Gasteiger partial charge in [-0.15, -0.1) is 0 Å².